The van der Waals surface area contributed by atoms with E-state index in [0.29, 0.717) is 0 Å². The number of hydrogen-bond acceptors (Lipinski definition) is 2. The third-order valence-electron chi connectivity index (χ3n) is 3.65. The minimum absolute atomic E-state index is 0.139. The molecule has 110 valence electrons. The molecule has 1 saturated heterocycles. The van der Waals surface area contributed by atoms with E-state index in [2.05, 4.69) is 5.32 Å². The molecule has 0 amide bonds. The Kier molecular flexibility index (Phi) is 3.24. The second-order valence-electron chi connectivity index (χ2n) is 5.40. The molecule has 0 unspecified atom stereocenters. The van der Waals surface area contributed by atoms with Crippen LogP contribution in [0, 0.1) is 5.82 Å². The van der Waals surface area contributed by atoms with Crippen LogP contribution in [0.4, 0.5) is 23.2 Å². The summed E-state index contributed by atoms with van der Waals surface area (Å²) in [6.07, 6.45) is -1.11. The third-order valence-corrected chi connectivity index (χ3v) is 4.18. The van der Waals surface area contributed by atoms with Crippen LogP contribution in [0.1, 0.15) is 25.8 Å². The van der Waals surface area contributed by atoms with E-state index in [0.717, 1.165) is 26.0 Å². The average molecular weight is 306 g/mol. The summed E-state index contributed by atoms with van der Waals surface area (Å²) in [6.45, 7) is 2.07. The number of nitrogens with one attached hydrogen (secondary N) is 1. The maximum Gasteiger partial charge on any atom is 0.278 e. The van der Waals surface area contributed by atoms with Crippen molar-refractivity contribution >= 4 is 22.9 Å². The van der Waals surface area contributed by atoms with E-state index in [9.17, 15) is 17.6 Å². The zero-order valence-electron chi connectivity index (χ0n) is 10.9. The van der Waals surface area contributed by atoms with E-state index in [4.69, 9.17) is 18.0 Å². The van der Waals surface area contributed by atoms with Gasteiger partial charge in [-0.25, -0.2) is 17.6 Å². The van der Waals surface area contributed by atoms with Crippen molar-refractivity contribution in [2.24, 2.45) is 0 Å². The van der Waals surface area contributed by atoms with Crippen LogP contribution in [0.3, 0.4) is 0 Å². The highest BCUT2D eigenvalue weighted by Crippen LogP contribution is 2.48. The Balaban J connectivity index is 2.58. The predicted molar refractivity (Wildman–Crippen MR) is 73.0 cm³/mol. The summed E-state index contributed by atoms with van der Waals surface area (Å²) in [5.74, 6) is -4.38. The maximum atomic E-state index is 14.3. The van der Waals surface area contributed by atoms with Gasteiger partial charge in [-0.05, 0) is 32.0 Å². The van der Waals surface area contributed by atoms with Crippen molar-refractivity contribution in [3.63, 3.8) is 0 Å². The van der Waals surface area contributed by atoms with Crippen LogP contribution in [0.15, 0.2) is 18.2 Å². The van der Waals surface area contributed by atoms with Gasteiger partial charge in [0.25, 0.3) is 5.92 Å². The number of nitrogen functional groups attached to an aromatic ring is 1. The van der Waals surface area contributed by atoms with E-state index in [1.807, 2.05) is 0 Å². The average Bonchev–Trinajstić information content (AvgIpc) is 2.29. The molecule has 1 heterocycles. The molecule has 3 N–H and O–H groups in total. The van der Waals surface area contributed by atoms with Gasteiger partial charge in [0.2, 0.25) is 0 Å². The van der Waals surface area contributed by atoms with Gasteiger partial charge in [0.05, 0.1) is 6.42 Å². The van der Waals surface area contributed by atoms with Crippen molar-refractivity contribution in [2.75, 3.05) is 5.73 Å². The topological polar surface area (TPSA) is 38.0 Å². The number of benzene rings is 1. The number of rotatable bonds is 1. The van der Waals surface area contributed by atoms with Gasteiger partial charge in [-0.2, -0.15) is 0 Å². The molecule has 2 atom stereocenters. The normalized spacial score (nSPS) is 32.8. The van der Waals surface area contributed by atoms with Gasteiger partial charge in [-0.3, -0.25) is 0 Å². The lowest BCUT2D eigenvalue weighted by Gasteiger charge is -2.47. The number of piperidine rings is 1. The molecular formula is C13H14F4N2S. The lowest BCUT2D eigenvalue weighted by molar-refractivity contribution is -0.119. The summed E-state index contributed by atoms with van der Waals surface area (Å²) < 4.78 is 56.6. The standard InChI is InChI=1S/C13H14F4N2S/c1-11(15)6-13(16,17)12(2,19-10(11)20)8-5-7(18)3-4-9(8)14/h3-5H,6,18H2,1-2H3,(H,19,20)/t11-,12-/m1/s1. The zero-order valence-corrected chi connectivity index (χ0v) is 11.8. The van der Waals surface area contributed by atoms with Crippen LogP contribution in [-0.2, 0) is 5.54 Å². The Morgan fingerprint density at radius 3 is 2.45 bits per heavy atom. The quantitative estimate of drug-likeness (QED) is 0.475. The van der Waals surface area contributed by atoms with Crippen LogP contribution in [0.2, 0.25) is 0 Å². The monoisotopic (exact) mass is 306 g/mol. The maximum absolute atomic E-state index is 14.3. The highest BCUT2D eigenvalue weighted by molar-refractivity contribution is 7.80. The first kappa shape index (κ1) is 15.0. The SMILES string of the molecule is C[C@@]1(F)CC(F)(F)[C@@](C)(c2cc(N)ccc2F)NC1=S. The van der Waals surface area contributed by atoms with Crippen LogP contribution in [-0.4, -0.2) is 16.6 Å². The molecule has 1 aromatic rings. The summed E-state index contributed by atoms with van der Waals surface area (Å²) in [5.41, 5.74) is 0.847. The highest BCUT2D eigenvalue weighted by atomic mass is 32.1. The summed E-state index contributed by atoms with van der Waals surface area (Å²) in [5, 5.41) is 2.27. The molecule has 20 heavy (non-hydrogen) atoms. The Hall–Kier alpha value is -1.37. The zero-order chi connectivity index (χ0) is 15.3. The van der Waals surface area contributed by atoms with E-state index in [1.165, 1.54) is 6.07 Å². The van der Waals surface area contributed by atoms with Gasteiger partial charge in [-0.1, -0.05) is 12.2 Å². The van der Waals surface area contributed by atoms with Crippen LogP contribution < -0.4 is 11.1 Å². The molecule has 2 nitrogen and oxygen atoms in total. The molecule has 0 radical (unpaired) electrons. The van der Waals surface area contributed by atoms with Crippen molar-refractivity contribution in [1.82, 2.24) is 5.32 Å². The Morgan fingerprint density at radius 2 is 1.85 bits per heavy atom. The van der Waals surface area contributed by atoms with Crippen molar-refractivity contribution < 1.29 is 17.6 Å². The summed E-state index contributed by atoms with van der Waals surface area (Å²) in [7, 11) is 0. The van der Waals surface area contributed by atoms with Crippen molar-refractivity contribution in [3.05, 3.63) is 29.6 Å². The van der Waals surface area contributed by atoms with E-state index in [1.54, 1.807) is 0 Å². The number of alkyl halides is 3. The molecule has 7 heteroatoms. The Morgan fingerprint density at radius 1 is 1.25 bits per heavy atom. The van der Waals surface area contributed by atoms with Gasteiger partial charge in [0.15, 0.2) is 5.67 Å². The van der Waals surface area contributed by atoms with Crippen LogP contribution in [0.5, 0.6) is 0 Å². The summed E-state index contributed by atoms with van der Waals surface area (Å²) in [4.78, 5) is -0.368. The fourth-order valence-corrected chi connectivity index (χ4v) is 2.59. The summed E-state index contributed by atoms with van der Waals surface area (Å²) in [6, 6.07) is 3.38. The molecular weight excluding hydrogens is 292 g/mol. The van der Waals surface area contributed by atoms with Crippen LogP contribution >= 0.6 is 12.2 Å². The highest BCUT2D eigenvalue weighted by Gasteiger charge is 2.61. The lowest BCUT2D eigenvalue weighted by Crippen LogP contribution is -2.66. The van der Waals surface area contributed by atoms with Crippen molar-refractivity contribution in [3.8, 4) is 0 Å². The van der Waals surface area contributed by atoms with Crippen molar-refractivity contribution in [2.45, 2.75) is 37.4 Å². The number of hydrogen-bond donors (Lipinski definition) is 2. The Bertz CT molecular complexity index is 573. The Labute approximate surface area is 119 Å². The largest absolute Gasteiger partial charge is 0.399 e. The first-order chi connectivity index (χ1) is 8.99. The van der Waals surface area contributed by atoms with Crippen molar-refractivity contribution in [1.29, 1.82) is 0 Å². The van der Waals surface area contributed by atoms with Gasteiger partial charge in [0.1, 0.15) is 16.3 Å². The molecule has 1 aromatic carbocycles. The first-order valence-electron chi connectivity index (χ1n) is 5.94. The van der Waals surface area contributed by atoms with Gasteiger partial charge in [0, 0.05) is 11.3 Å². The molecule has 0 aliphatic carbocycles. The minimum atomic E-state index is -3.53. The van der Waals surface area contributed by atoms with Gasteiger partial charge in [-0.15, -0.1) is 0 Å². The van der Waals surface area contributed by atoms with E-state index < -0.39 is 29.4 Å². The number of anilines is 1. The van der Waals surface area contributed by atoms with E-state index in [-0.39, 0.29) is 16.2 Å². The second kappa shape index (κ2) is 4.31. The summed E-state index contributed by atoms with van der Waals surface area (Å²) >= 11 is 4.80. The number of thiocarbonyl (C=S) groups is 1. The van der Waals surface area contributed by atoms with Gasteiger partial charge < -0.3 is 11.1 Å². The third kappa shape index (κ3) is 2.13. The second-order valence-corrected chi connectivity index (χ2v) is 5.81. The molecule has 2 rings (SSSR count). The molecule has 0 aromatic heterocycles. The van der Waals surface area contributed by atoms with Gasteiger partial charge >= 0.3 is 0 Å². The molecule has 0 saturated carbocycles. The minimum Gasteiger partial charge on any atom is -0.399 e. The van der Waals surface area contributed by atoms with E-state index >= 15 is 0 Å². The molecule has 0 bridgehead atoms. The smallest absolute Gasteiger partial charge is 0.278 e. The lowest BCUT2D eigenvalue weighted by atomic mass is 9.76. The number of halogens is 4. The fraction of sp³-hybridized carbons (Fsp3) is 0.462. The predicted octanol–water partition coefficient (Wildman–Crippen LogP) is 3.31. The molecule has 1 aliphatic rings. The molecule has 1 aliphatic heterocycles. The molecule has 0 spiro atoms. The fourth-order valence-electron chi connectivity index (χ4n) is 2.31. The first-order valence-corrected chi connectivity index (χ1v) is 6.35. The van der Waals surface area contributed by atoms with Crippen LogP contribution in [0.25, 0.3) is 0 Å². The molecule has 1 fully saturated rings. The number of nitrogens with two attached hydrogens (primary N) is 1.